The molecular weight excluding hydrogens is 356 g/mol. The van der Waals surface area contributed by atoms with Crippen molar-refractivity contribution < 1.29 is 9.47 Å². The lowest BCUT2D eigenvalue weighted by Gasteiger charge is -2.28. The number of hydrogen-bond donors (Lipinski definition) is 1. The summed E-state index contributed by atoms with van der Waals surface area (Å²) in [6.07, 6.45) is 2.14. The number of anilines is 1. The summed E-state index contributed by atoms with van der Waals surface area (Å²) in [7, 11) is 3.29. The van der Waals surface area contributed by atoms with Gasteiger partial charge in [-0.1, -0.05) is 23.7 Å². The molecule has 1 fully saturated rings. The van der Waals surface area contributed by atoms with E-state index in [1.165, 1.54) is 5.56 Å². The van der Waals surface area contributed by atoms with E-state index in [-0.39, 0.29) is 6.04 Å². The summed E-state index contributed by atoms with van der Waals surface area (Å²) in [6.45, 7) is 0.922. The molecule has 1 atom stereocenters. The smallest absolute Gasteiger partial charge is 0.173 e. The average molecular weight is 377 g/mol. The van der Waals surface area contributed by atoms with Crippen LogP contribution in [-0.2, 0) is 0 Å². The summed E-state index contributed by atoms with van der Waals surface area (Å²) in [5, 5.41) is 4.69. The zero-order valence-corrected chi connectivity index (χ0v) is 15.9. The third kappa shape index (κ3) is 3.99. The van der Waals surface area contributed by atoms with Crippen molar-refractivity contribution >= 4 is 34.6 Å². The lowest BCUT2D eigenvalue weighted by molar-refractivity contribution is 0.351. The molecule has 0 amide bonds. The zero-order valence-electron chi connectivity index (χ0n) is 14.3. The molecule has 0 aliphatic carbocycles. The number of likely N-dealkylation sites (tertiary alicyclic amines) is 1. The van der Waals surface area contributed by atoms with Crippen LogP contribution in [0.4, 0.5) is 5.69 Å². The Hall–Kier alpha value is -1.98. The number of hydrogen-bond acceptors (Lipinski definition) is 3. The summed E-state index contributed by atoms with van der Waals surface area (Å²) < 4.78 is 10.8. The number of nitrogens with zero attached hydrogens (tertiary/aromatic N) is 1. The second-order valence-corrected chi connectivity index (χ2v) is 6.73. The van der Waals surface area contributed by atoms with E-state index in [0.29, 0.717) is 10.1 Å². The van der Waals surface area contributed by atoms with Crippen molar-refractivity contribution in [1.82, 2.24) is 4.90 Å². The molecule has 0 spiro atoms. The Morgan fingerprint density at radius 3 is 2.68 bits per heavy atom. The molecule has 2 aromatic rings. The highest BCUT2D eigenvalue weighted by Crippen LogP contribution is 2.37. The maximum atomic E-state index is 6.05. The number of halogens is 1. The van der Waals surface area contributed by atoms with Gasteiger partial charge in [-0.05, 0) is 61.0 Å². The van der Waals surface area contributed by atoms with Gasteiger partial charge in [0.05, 0.1) is 20.3 Å². The first kappa shape index (κ1) is 17.8. The first-order valence-electron chi connectivity index (χ1n) is 8.17. The topological polar surface area (TPSA) is 33.7 Å². The first-order valence-corrected chi connectivity index (χ1v) is 8.96. The monoisotopic (exact) mass is 376 g/mol. The van der Waals surface area contributed by atoms with E-state index in [4.69, 9.17) is 33.3 Å². The third-order valence-electron chi connectivity index (χ3n) is 4.38. The van der Waals surface area contributed by atoms with Crippen molar-refractivity contribution in [3.63, 3.8) is 0 Å². The van der Waals surface area contributed by atoms with E-state index >= 15 is 0 Å². The normalized spacial score (nSPS) is 16.6. The number of methoxy groups -OCH3 is 2. The fourth-order valence-electron chi connectivity index (χ4n) is 3.18. The summed E-state index contributed by atoms with van der Waals surface area (Å²) in [5.41, 5.74) is 2.07. The van der Waals surface area contributed by atoms with Crippen molar-refractivity contribution in [2.24, 2.45) is 0 Å². The van der Waals surface area contributed by atoms with Gasteiger partial charge in [0.2, 0.25) is 0 Å². The van der Waals surface area contributed by atoms with Gasteiger partial charge in [0.15, 0.2) is 16.6 Å². The minimum absolute atomic E-state index is 0.221. The van der Waals surface area contributed by atoms with E-state index in [1.54, 1.807) is 14.2 Å². The Bertz CT molecular complexity index is 769. The van der Waals surface area contributed by atoms with Crippen LogP contribution in [0.2, 0.25) is 5.02 Å². The van der Waals surface area contributed by atoms with Gasteiger partial charge in [-0.25, -0.2) is 0 Å². The van der Waals surface area contributed by atoms with E-state index in [1.807, 2.05) is 36.4 Å². The van der Waals surface area contributed by atoms with Crippen LogP contribution in [0, 0.1) is 0 Å². The largest absolute Gasteiger partial charge is 0.493 e. The van der Waals surface area contributed by atoms with E-state index in [2.05, 4.69) is 16.3 Å². The number of nitrogens with one attached hydrogen (secondary N) is 1. The molecule has 1 aliphatic heterocycles. The maximum absolute atomic E-state index is 6.05. The molecule has 2 aromatic carbocycles. The minimum atomic E-state index is 0.221. The van der Waals surface area contributed by atoms with Gasteiger partial charge < -0.3 is 19.7 Å². The summed E-state index contributed by atoms with van der Waals surface area (Å²) in [5.74, 6) is 1.47. The van der Waals surface area contributed by atoms with Crippen LogP contribution in [0.5, 0.6) is 11.5 Å². The van der Waals surface area contributed by atoms with Crippen LogP contribution in [0.3, 0.4) is 0 Å². The third-order valence-corrected chi connectivity index (χ3v) is 4.95. The van der Waals surface area contributed by atoms with Crippen molar-refractivity contribution in [3.05, 3.63) is 53.1 Å². The van der Waals surface area contributed by atoms with Crippen LogP contribution in [0.25, 0.3) is 0 Å². The predicted octanol–water partition coefficient (Wildman–Crippen LogP) is 4.89. The Labute approximate surface area is 158 Å². The molecule has 6 heteroatoms. The highest BCUT2D eigenvalue weighted by Gasteiger charge is 2.28. The van der Waals surface area contributed by atoms with Crippen LogP contribution >= 0.6 is 23.8 Å². The standard InChI is InChI=1S/C19H21ClN2O2S/c1-23-17-9-8-13(11-18(17)24-2)16-7-4-10-22(16)19(25)21-15-6-3-5-14(20)12-15/h3,5-6,8-9,11-12,16H,4,7,10H2,1-2H3,(H,21,25)/t16-/m1/s1. The first-order chi connectivity index (χ1) is 12.1. The van der Waals surface area contributed by atoms with Gasteiger partial charge in [-0.15, -0.1) is 0 Å². The van der Waals surface area contributed by atoms with Gasteiger partial charge in [-0.3, -0.25) is 0 Å². The van der Waals surface area contributed by atoms with Gasteiger partial charge in [0.1, 0.15) is 0 Å². The van der Waals surface area contributed by atoms with E-state index in [0.717, 1.165) is 36.6 Å². The highest BCUT2D eigenvalue weighted by atomic mass is 35.5. The van der Waals surface area contributed by atoms with Crippen LogP contribution in [-0.4, -0.2) is 30.8 Å². The SMILES string of the molecule is COc1ccc([C@H]2CCCN2C(=S)Nc2cccc(Cl)c2)cc1OC. The van der Waals surface area contributed by atoms with E-state index < -0.39 is 0 Å². The molecule has 1 saturated heterocycles. The van der Waals surface area contributed by atoms with Crippen LogP contribution in [0.15, 0.2) is 42.5 Å². The molecule has 0 aromatic heterocycles. The molecule has 0 unspecified atom stereocenters. The Morgan fingerprint density at radius 1 is 1.16 bits per heavy atom. The fourth-order valence-corrected chi connectivity index (χ4v) is 3.70. The number of ether oxygens (including phenoxy) is 2. The molecular formula is C19H21ClN2O2S. The van der Waals surface area contributed by atoms with Crippen LogP contribution in [0.1, 0.15) is 24.4 Å². The second kappa shape index (κ2) is 7.93. The molecule has 1 N–H and O–H groups in total. The number of thiocarbonyl (C=S) groups is 1. The molecule has 4 nitrogen and oxygen atoms in total. The van der Waals surface area contributed by atoms with Crippen LogP contribution < -0.4 is 14.8 Å². The summed E-state index contributed by atoms with van der Waals surface area (Å²) in [6, 6.07) is 13.9. The minimum Gasteiger partial charge on any atom is -0.493 e. The van der Waals surface area contributed by atoms with Crippen molar-refractivity contribution in [1.29, 1.82) is 0 Å². The molecule has 0 saturated carbocycles. The number of rotatable bonds is 4. The lowest BCUT2D eigenvalue weighted by atomic mass is 10.0. The molecule has 3 rings (SSSR count). The average Bonchev–Trinajstić information content (AvgIpc) is 3.11. The Kier molecular flexibility index (Phi) is 5.66. The highest BCUT2D eigenvalue weighted by molar-refractivity contribution is 7.80. The van der Waals surface area contributed by atoms with Gasteiger partial charge in [0.25, 0.3) is 0 Å². The predicted molar refractivity (Wildman–Crippen MR) is 106 cm³/mol. The van der Waals surface area contributed by atoms with Crippen molar-refractivity contribution in [2.75, 3.05) is 26.1 Å². The fraction of sp³-hybridized carbons (Fsp3) is 0.316. The van der Waals surface area contributed by atoms with Crippen molar-refractivity contribution in [2.45, 2.75) is 18.9 Å². The van der Waals surface area contributed by atoms with E-state index in [9.17, 15) is 0 Å². The lowest BCUT2D eigenvalue weighted by Crippen LogP contribution is -2.34. The summed E-state index contributed by atoms with van der Waals surface area (Å²) >= 11 is 11.7. The molecule has 25 heavy (non-hydrogen) atoms. The van der Waals surface area contributed by atoms with Gasteiger partial charge in [0, 0.05) is 17.3 Å². The Morgan fingerprint density at radius 2 is 1.96 bits per heavy atom. The van der Waals surface area contributed by atoms with Gasteiger partial charge in [-0.2, -0.15) is 0 Å². The molecule has 0 bridgehead atoms. The zero-order chi connectivity index (χ0) is 17.8. The molecule has 0 radical (unpaired) electrons. The molecule has 1 aliphatic rings. The second-order valence-electron chi connectivity index (χ2n) is 5.91. The maximum Gasteiger partial charge on any atom is 0.173 e. The Balaban J connectivity index is 1.79. The number of benzene rings is 2. The van der Waals surface area contributed by atoms with Crippen molar-refractivity contribution in [3.8, 4) is 11.5 Å². The quantitative estimate of drug-likeness (QED) is 0.768. The van der Waals surface area contributed by atoms with Gasteiger partial charge >= 0.3 is 0 Å². The molecule has 132 valence electrons. The summed E-state index contributed by atoms with van der Waals surface area (Å²) in [4.78, 5) is 2.22. The molecule has 1 heterocycles.